The predicted molar refractivity (Wildman–Crippen MR) is 68.1 cm³/mol. The van der Waals surface area contributed by atoms with Crippen LogP contribution < -0.4 is 5.32 Å². The largest absolute Gasteiger partial charge is 0.378 e. The van der Waals surface area contributed by atoms with Gasteiger partial charge >= 0.3 is 0 Å². The van der Waals surface area contributed by atoms with Gasteiger partial charge in [-0.3, -0.25) is 0 Å². The van der Waals surface area contributed by atoms with Crippen molar-refractivity contribution in [2.24, 2.45) is 13.0 Å². The van der Waals surface area contributed by atoms with Gasteiger partial charge in [0, 0.05) is 25.0 Å². The summed E-state index contributed by atoms with van der Waals surface area (Å²) in [6.07, 6.45) is 3.38. The number of hydrogen-bond acceptors (Lipinski definition) is 5. The van der Waals surface area contributed by atoms with Crippen LogP contribution in [0.2, 0.25) is 0 Å². The van der Waals surface area contributed by atoms with Crippen molar-refractivity contribution in [2.45, 2.75) is 45.3 Å². The van der Waals surface area contributed by atoms with Crippen molar-refractivity contribution in [1.82, 2.24) is 25.5 Å². The normalized spacial score (nSPS) is 25.5. The van der Waals surface area contributed by atoms with Gasteiger partial charge in [0.1, 0.15) is 0 Å². The van der Waals surface area contributed by atoms with E-state index in [0.717, 1.165) is 38.2 Å². The first kappa shape index (κ1) is 13.4. The SMILES string of the molecule is CCNC(Cc1nnn(C)n1)C1CCOC1CC. The second-order valence-corrected chi connectivity index (χ2v) is 4.83. The molecule has 3 unspecified atom stereocenters. The summed E-state index contributed by atoms with van der Waals surface area (Å²) in [6.45, 7) is 6.15. The van der Waals surface area contributed by atoms with Gasteiger partial charge in [-0.05, 0) is 24.6 Å². The van der Waals surface area contributed by atoms with Crippen LogP contribution in [-0.2, 0) is 18.2 Å². The highest BCUT2D eigenvalue weighted by molar-refractivity contribution is 4.92. The van der Waals surface area contributed by atoms with E-state index < -0.39 is 0 Å². The summed E-state index contributed by atoms with van der Waals surface area (Å²) in [6, 6.07) is 0.381. The van der Waals surface area contributed by atoms with Gasteiger partial charge in [0.2, 0.25) is 0 Å². The van der Waals surface area contributed by atoms with Crippen LogP contribution in [0.5, 0.6) is 0 Å². The molecular weight excluding hydrogens is 230 g/mol. The molecule has 0 aromatic carbocycles. The lowest BCUT2D eigenvalue weighted by Gasteiger charge is -2.26. The van der Waals surface area contributed by atoms with Crippen molar-refractivity contribution >= 4 is 0 Å². The van der Waals surface area contributed by atoms with Crippen LogP contribution in [0.1, 0.15) is 32.5 Å². The number of tetrazole rings is 1. The molecular formula is C12H23N5O. The summed E-state index contributed by atoms with van der Waals surface area (Å²) in [4.78, 5) is 1.51. The second-order valence-electron chi connectivity index (χ2n) is 4.83. The Labute approximate surface area is 108 Å². The molecule has 0 amide bonds. The zero-order valence-electron chi connectivity index (χ0n) is 11.5. The first-order valence-electron chi connectivity index (χ1n) is 6.82. The fourth-order valence-corrected chi connectivity index (χ4v) is 2.78. The van der Waals surface area contributed by atoms with Crippen LogP contribution in [0.4, 0.5) is 0 Å². The topological polar surface area (TPSA) is 64.9 Å². The zero-order chi connectivity index (χ0) is 13.0. The molecule has 1 aliphatic heterocycles. The fourth-order valence-electron chi connectivity index (χ4n) is 2.78. The van der Waals surface area contributed by atoms with Crippen molar-refractivity contribution in [3.05, 3.63) is 5.82 Å². The van der Waals surface area contributed by atoms with Crippen molar-refractivity contribution in [2.75, 3.05) is 13.2 Å². The minimum absolute atomic E-state index is 0.366. The summed E-state index contributed by atoms with van der Waals surface area (Å²) >= 11 is 0. The summed E-state index contributed by atoms with van der Waals surface area (Å²) in [5, 5.41) is 15.8. The molecule has 0 saturated carbocycles. The van der Waals surface area contributed by atoms with Crippen LogP contribution in [0.15, 0.2) is 0 Å². The summed E-state index contributed by atoms with van der Waals surface area (Å²) in [5.41, 5.74) is 0. The molecule has 18 heavy (non-hydrogen) atoms. The molecule has 1 aromatic heterocycles. The van der Waals surface area contributed by atoms with Crippen molar-refractivity contribution < 1.29 is 4.74 Å². The number of nitrogens with zero attached hydrogens (tertiary/aromatic N) is 4. The van der Waals surface area contributed by atoms with Crippen LogP contribution in [0.3, 0.4) is 0 Å². The smallest absolute Gasteiger partial charge is 0.176 e. The Balaban J connectivity index is 2.03. The maximum Gasteiger partial charge on any atom is 0.176 e. The highest BCUT2D eigenvalue weighted by Crippen LogP contribution is 2.27. The average molecular weight is 253 g/mol. The highest BCUT2D eigenvalue weighted by atomic mass is 16.5. The number of aryl methyl sites for hydroxylation is 1. The lowest BCUT2D eigenvalue weighted by Crippen LogP contribution is -2.41. The lowest BCUT2D eigenvalue weighted by molar-refractivity contribution is 0.0774. The number of rotatable bonds is 6. The first-order valence-corrected chi connectivity index (χ1v) is 6.82. The Bertz CT molecular complexity index is 367. The van der Waals surface area contributed by atoms with Crippen molar-refractivity contribution in [3.63, 3.8) is 0 Å². The van der Waals surface area contributed by atoms with Gasteiger partial charge in [0.15, 0.2) is 5.82 Å². The number of hydrogen-bond donors (Lipinski definition) is 1. The number of aromatic nitrogens is 4. The van der Waals surface area contributed by atoms with Crippen LogP contribution in [0.25, 0.3) is 0 Å². The van der Waals surface area contributed by atoms with E-state index in [-0.39, 0.29) is 0 Å². The molecule has 1 aliphatic rings. The molecule has 2 heterocycles. The Morgan fingerprint density at radius 3 is 2.94 bits per heavy atom. The second kappa shape index (κ2) is 6.24. The Morgan fingerprint density at radius 2 is 2.33 bits per heavy atom. The van der Waals surface area contributed by atoms with E-state index >= 15 is 0 Å². The van der Waals surface area contributed by atoms with E-state index in [1.807, 2.05) is 0 Å². The molecule has 2 rings (SSSR count). The Hall–Kier alpha value is -1.01. The Kier molecular flexibility index (Phi) is 4.66. The van der Waals surface area contributed by atoms with Crippen molar-refractivity contribution in [1.29, 1.82) is 0 Å². The standard InChI is InChI=1S/C12H23N5O/c1-4-11-9(6-7-18-11)10(13-5-2)8-12-14-16-17(3)15-12/h9-11,13H,4-8H2,1-3H3. The summed E-state index contributed by atoms with van der Waals surface area (Å²) < 4.78 is 5.78. The Morgan fingerprint density at radius 1 is 1.50 bits per heavy atom. The molecule has 0 bridgehead atoms. The summed E-state index contributed by atoms with van der Waals surface area (Å²) in [5.74, 6) is 1.36. The quantitative estimate of drug-likeness (QED) is 0.802. The molecule has 1 saturated heterocycles. The van der Waals surface area contributed by atoms with Gasteiger partial charge in [0.25, 0.3) is 0 Å². The fraction of sp³-hybridized carbons (Fsp3) is 0.917. The maximum absolute atomic E-state index is 5.78. The van der Waals surface area contributed by atoms with Crippen LogP contribution in [0, 0.1) is 5.92 Å². The van der Waals surface area contributed by atoms with Gasteiger partial charge < -0.3 is 10.1 Å². The third-order valence-electron chi connectivity index (χ3n) is 3.60. The molecule has 0 radical (unpaired) electrons. The van der Waals surface area contributed by atoms with E-state index in [0.29, 0.717) is 18.1 Å². The first-order chi connectivity index (χ1) is 8.74. The van der Waals surface area contributed by atoms with Gasteiger partial charge in [-0.15, -0.1) is 10.2 Å². The third kappa shape index (κ3) is 3.05. The van der Waals surface area contributed by atoms with Crippen molar-refractivity contribution in [3.8, 4) is 0 Å². The lowest BCUT2D eigenvalue weighted by atomic mass is 9.89. The molecule has 6 nitrogen and oxygen atoms in total. The van der Waals surface area contributed by atoms with Gasteiger partial charge in [0.05, 0.1) is 13.2 Å². The van der Waals surface area contributed by atoms with Crippen LogP contribution >= 0.6 is 0 Å². The molecule has 3 atom stereocenters. The van der Waals surface area contributed by atoms with E-state index in [1.54, 1.807) is 7.05 Å². The number of likely N-dealkylation sites (N-methyl/N-ethyl adjacent to an activating group) is 1. The monoisotopic (exact) mass is 253 g/mol. The minimum Gasteiger partial charge on any atom is -0.378 e. The zero-order valence-corrected chi connectivity index (χ0v) is 11.5. The number of ether oxygens (including phenoxy) is 1. The average Bonchev–Trinajstić information content (AvgIpc) is 2.97. The van der Waals surface area contributed by atoms with E-state index in [9.17, 15) is 0 Å². The number of nitrogens with one attached hydrogen (secondary N) is 1. The maximum atomic E-state index is 5.78. The molecule has 1 fully saturated rings. The van der Waals surface area contributed by atoms with Crippen LogP contribution in [-0.4, -0.2) is 45.5 Å². The van der Waals surface area contributed by atoms with E-state index in [4.69, 9.17) is 4.74 Å². The molecule has 0 aliphatic carbocycles. The molecule has 1 aromatic rings. The molecule has 102 valence electrons. The summed E-state index contributed by atoms with van der Waals surface area (Å²) in [7, 11) is 1.80. The van der Waals surface area contributed by atoms with E-state index in [2.05, 4.69) is 34.6 Å². The van der Waals surface area contributed by atoms with E-state index in [1.165, 1.54) is 4.80 Å². The predicted octanol–water partition coefficient (Wildman–Crippen LogP) is 0.546. The molecule has 0 spiro atoms. The molecule has 6 heteroatoms. The highest BCUT2D eigenvalue weighted by Gasteiger charge is 2.33. The minimum atomic E-state index is 0.366. The van der Waals surface area contributed by atoms with Gasteiger partial charge in [-0.2, -0.15) is 4.80 Å². The van der Waals surface area contributed by atoms with Gasteiger partial charge in [-0.25, -0.2) is 0 Å². The third-order valence-corrected chi connectivity index (χ3v) is 3.60. The van der Waals surface area contributed by atoms with Gasteiger partial charge in [-0.1, -0.05) is 13.8 Å². The molecule has 1 N–H and O–H groups in total.